The van der Waals surface area contributed by atoms with E-state index in [1.54, 1.807) is 6.07 Å². The van der Waals surface area contributed by atoms with Crippen LogP contribution in [0.1, 0.15) is 44.1 Å². The van der Waals surface area contributed by atoms with Crippen LogP contribution in [0.25, 0.3) is 0 Å². The number of aromatic nitrogens is 2. The fourth-order valence-electron chi connectivity index (χ4n) is 2.03. The molecule has 0 spiro atoms. The van der Waals surface area contributed by atoms with Gasteiger partial charge in [-0.2, -0.15) is 0 Å². The molecular weight excluding hydrogens is 305 g/mol. The Morgan fingerprint density at radius 3 is 2.19 bits per heavy atom. The van der Waals surface area contributed by atoms with Crippen LogP contribution in [-0.4, -0.2) is 17.0 Å². The molecule has 1 atom stereocenters. The Morgan fingerprint density at radius 1 is 1.00 bits per heavy atom. The van der Waals surface area contributed by atoms with Gasteiger partial charge in [-0.3, -0.25) is 0 Å². The van der Waals surface area contributed by atoms with E-state index in [2.05, 4.69) is 35.6 Å². The van der Waals surface area contributed by atoms with Gasteiger partial charge in [0, 0.05) is 24.1 Å². The third-order valence-electron chi connectivity index (χ3n) is 3.51. The molecule has 5 heteroatoms. The molecule has 21 heavy (non-hydrogen) atoms. The zero-order chi connectivity index (χ0) is 15.6. The highest BCUT2D eigenvalue weighted by molar-refractivity contribution is 6.30. The van der Waals surface area contributed by atoms with Gasteiger partial charge in [-0.25, -0.2) is 9.97 Å². The molecule has 0 amide bonds. The second-order valence-electron chi connectivity index (χ2n) is 5.40. The van der Waals surface area contributed by atoms with Gasteiger partial charge in [0.25, 0.3) is 0 Å². The van der Waals surface area contributed by atoms with Crippen molar-refractivity contribution >= 4 is 29.0 Å². The van der Waals surface area contributed by atoms with Crippen molar-refractivity contribution < 1.29 is 0 Å². The van der Waals surface area contributed by atoms with E-state index in [0.717, 1.165) is 16.7 Å². The minimum Gasteiger partial charge on any atom is -0.353 e. The Morgan fingerprint density at radius 2 is 1.62 bits per heavy atom. The van der Waals surface area contributed by atoms with E-state index in [4.69, 9.17) is 23.2 Å². The molecule has 0 bridgehead atoms. The van der Waals surface area contributed by atoms with E-state index in [1.165, 1.54) is 5.56 Å². The Bertz CT molecular complexity index is 611. The van der Waals surface area contributed by atoms with Crippen molar-refractivity contribution in [2.24, 2.45) is 0 Å². The van der Waals surface area contributed by atoms with Crippen molar-refractivity contribution in [1.29, 1.82) is 0 Å². The second-order valence-corrected chi connectivity index (χ2v) is 6.22. The largest absolute Gasteiger partial charge is 0.353 e. The zero-order valence-corrected chi connectivity index (χ0v) is 14.2. The molecule has 0 aliphatic rings. The van der Waals surface area contributed by atoms with E-state index in [0.29, 0.717) is 5.15 Å². The molecule has 0 radical (unpaired) electrons. The van der Waals surface area contributed by atoms with Crippen LogP contribution in [0.15, 0.2) is 30.3 Å². The summed E-state index contributed by atoms with van der Waals surface area (Å²) >= 11 is 12.1. The van der Waals surface area contributed by atoms with Crippen molar-refractivity contribution in [3.8, 4) is 0 Å². The average Bonchev–Trinajstić information content (AvgIpc) is 2.45. The maximum atomic E-state index is 6.11. The summed E-state index contributed by atoms with van der Waals surface area (Å²) in [5, 5.41) is 1.21. The summed E-state index contributed by atoms with van der Waals surface area (Å²) in [6.07, 6.45) is 0. The molecule has 1 unspecified atom stereocenters. The molecule has 0 saturated heterocycles. The predicted octanol–water partition coefficient (Wildman–Crippen LogP) is 5.10. The van der Waals surface area contributed by atoms with Crippen molar-refractivity contribution in [3.05, 3.63) is 51.9 Å². The van der Waals surface area contributed by atoms with Crippen LogP contribution in [0.4, 0.5) is 5.82 Å². The van der Waals surface area contributed by atoms with Crippen LogP contribution < -0.4 is 4.90 Å². The molecule has 0 N–H and O–H groups in total. The Hall–Kier alpha value is -1.32. The van der Waals surface area contributed by atoms with Gasteiger partial charge >= 0.3 is 0 Å². The van der Waals surface area contributed by atoms with Crippen molar-refractivity contribution in [1.82, 2.24) is 9.97 Å². The van der Waals surface area contributed by atoms with Crippen LogP contribution in [0, 0.1) is 0 Å². The Kier molecular flexibility index (Phi) is 5.07. The molecule has 0 fully saturated rings. The van der Waals surface area contributed by atoms with Crippen LogP contribution in [0.5, 0.6) is 0 Å². The molecule has 112 valence electrons. The first-order chi connectivity index (χ1) is 9.88. The highest BCUT2D eigenvalue weighted by Crippen LogP contribution is 2.27. The average molecular weight is 324 g/mol. The molecular formula is C16H19Cl2N3. The van der Waals surface area contributed by atoms with E-state index in [9.17, 15) is 0 Å². The normalized spacial score (nSPS) is 12.5. The molecule has 0 aliphatic carbocycles. The third-order valence-corrected chi connectivity index (χ3v) is 3.96. The molecule has 0 aliphatic heterocycles. The number of hydrogen-bond acceptors (Lipinski definition) is 3. The SMILES string of the molecule is CC(C)c1nc(Cl)cc(N(C)C(C)c2ccc(Cl)cc2)n1. The summed E-state index contributed by atoms with van der Waals surface area (Å²) in [7, 11) is 2.00. The quantitative estimate of drug-likeness (QED) is 0.732. The second kappa shape index (κ2) is 6.63. The Labute approximate surface area is 135 Å². The Balaban J connectivity index is 2.30. The molecule has 1 aromatic carbocycles. The number of benzene rings is 1. The van der Waals surface area contributed by atoms with Crippen molar-refractivity contribution in [2.45, 2.75) is 32.7 Å². The first kappa shape index (κ1) is 16.1. The predicted molar refractivity (Wildman–Crippen MR) is 89.4 cm³/mol. The summed E-state index contributed by atoms with van der Waals surface area (Å²) in [4.78, 5) is 11.0. The van der Waals surface area contributed by atoms with Crippen LogP contribution in [0.3, 0.4) is 0 Å². The lowest BCUT2D eigenvalue weighted by Crippen LogP contribution is -2.23. The third kappa shape index (κ3) is 3.86. The molecule has 3 nitrogen and oxygen atoms in total. The monoisotopic (exact) mass is 323 g/mol. The minimum absolute atomic E-state index is 0.160. The fraction of sp³-hybridized carbons (Fsp3) is 0.375. The van der Waals surface area contributed by atoms with E-state index >= 15 is 0 Å². The molecule has 1 aromatic heterocycles. The highest BCUT2D eigenvalue weighted by atomic mass is 35.5. The summed E-state index contributed by atoms with van der Waals surface area (Å²) in [6.45, 7) is 6.23. The summed E-state index contributed by atoms with van der Waals surface area (Å²) in [5.41, 5.74) is 1.17. The minimum atomic E-state index is 0.160. The summed E-state index contributed by atoms with van der Waals surface area (Å²) in [5.74, 6) is 1.82. The molecule has 2 aromatic rings. The van der Waals surface area contributed by atoms with Gasteiger partial charge in [0.2, 0.25) is 0 Å². The smallest absolute Gasteiger partial charge is 0.135 e. The van der Waals surface area contributed by atoms with Gasteiger partial charge in [-0.05, 0) is 24.6 Å². The van der Waals surface area contributed by atoms with Crippen LogP contribution in [0.2, 0.25) is 10.2 Å². The lowest BCUT2D eigenvalue weighted by Gasteiger charge is -2.27. The maximum absolute atomic E-state index is 6.11. The summed E-state index contributed by atoms with van der Waals surface area (Å²) < 4.78 is 0. The maximum Gasteiger partial charge on any atom is 0.135 e. The number of hydrogen-bond donors (Lipinski definition) is 0. The topological polar surface area (TPSA) is 29.0 Å². The van der Waals surface area contributed by atoms with Gasteiger partial charge in [0.1, 0.15) is 16.8 Å². The number of anilines is 1. The van der Waals surface area contributed by atoms with Crippen LogP contribution >= 0.6 is 23.2 Å². The van der Waals surface area contributed by atoms with Gasteiger partial charge in [-0.15, -0.1) is 0 Å². The first-order valence-electron chi connectivity index (χ1n) is 6.91. The standard InChI is InChI=1S/C16H19Cl2N3/c1-10(2)16-19-14(18)9-15(20-16)21(4)11(3)12-5-7-13(17)8-6-12/h5-11H,1-4H3. The summed E-state index contributed by atoms with van der Waals surface area (Å²) in [6, 6.07) is 9.79. The lowest BCUT2D eigenvalue weighted by molar-refractivity contribution is 0.708. The molecule has 2 rings (SSSR count). The van der Waals surface area contributed by atoms with Gasteiger partial charge < -0.3 is 4.90 Å². The molecule has 0 saturated carbocycles. The number of nitrogens with zero attached hydrogens (tertiary/aromatic N) is 3. The first-order valence-corrected chi connectivity index (χ1v) is 7.67. The highest BCUT2D eigenvalue weighted by Gasteiger charge is 2.16. The van der Waals surface area contributed by atoms with E-state index < -0.39 is 0 Å². The van der Waals surface area contributed by atoms with E-state index in [-0.39, 0.29) is 12.0 Å². The van der Waals surface area contributed by atoms with E-state index in [1.807, 2.05) is 31.3 Å². The molecule has 1 heterocycles. The number of rotatable bonds is 4. The number of halogens is 2. The van der Waals surface area contributed by atoms with Gasteiger partial charge in [0.15, 0.2) is 0 Å². The zero-order valence-electron chi connectivity index (χ0n) is 12.6. The van der Waals surface area contributed by atoms with Gasteiger partial charge in [0.05, 0.1) is 6.04 Å². The fourth-order valence-corrected chi connectivity index (χ4v) is 2.34. The van der Waals surface area contributed by atoms with Crippen molar-refractivity contribution in [3.63, 3.8) is 0 Å². The lowest BCUT2D eigenvalue weighted by atomic mass is 10.1. The van der Waals surface area contributed by atoms with Crippen LogP contribution in [-0.2, 0) is 0 Å². The van der Waals surface area contributed by atoms with Crippen molar-refractivity contribution in [2.75, 3.05) is 11.9 Å². The van der Waals surface area contributed by atoms with Gasteiger partial charge in [-0.1, -0.05) is 49.2 Å².